The highest BCUT2D eigenvalue weighted by molar-refractivity contribution is 7.11. The van der Waals surface area contributed by atoms with Crippen LogP contribution in [0, 0.1) is 13.8 Å². The predicted molar refractivity (Wildman–Crippen MR) is 108 cm³/mol. The second-order valence-corrected chi connectivity index (χ2v) is 8.03. The van der Waals surface area contributed by atoms with Gasteiger partial charge in [0.05, 0.1) is 29.3 Å². The van der Waals surface area contributed by atoms with Gasteiger partial charge in [0.15, 0.2) is 0 Å². The molecule has 0 atom stereocenters. The molecule has 30 heavy (non-hydrogen) atoms. The van der Waals surface area contributed by atoms with Crippen molar-refractivity contribution in [3.05, 3.63) is 62.8 Å². The van der Waals surface area contributed by atoms with E-state index in [1.54, 1.807) is 6.92 Å². The third-order valence-electron chi connectivity index (χ3n) is 4.67. The smallest absolute Gasteiger partial charge is 0.416 e. The Balaban J connectivity index is 1.68. The summed E-state index contributed by atoms with van der Waals surface area (Å²) < 4.78 is 49.0. The summed E-state index contributed by atoms with van der Waals surface area (Å²) >= 11 is 1.50. The minimum absolute atomic E-state index is 0.222. The fourth-order valence-electron chi connectivity index (χ4n) is 3.08. The van der Waals surface area contributed by atoms with Gasteiger partial charge in [0.2, 0.25) is 0 Å². The largest absolute Gasteiger partial charge is 0.466 e. The Kier molecular flexibility index (Phi) is 6.65. The first-order valence-corrected chi connectivity index (χ1v) is 10.4. The molecule has 0 N–H and O–H groups in total. The van der Waals surface area contributed by atoms with Crippen molar-refractivity contribution in [2.45, 2.75) is 46.2 Å². The summed E-state index contributed by atoms with van der Waals surface area (Å²) in [6, 6.07) is 6.79. The van der Waals surface area contributed by atoms with Gasteiger partial charge in [-0.15, -0.1) is 11.3 Å². The lowest BCUT2D eigenvalue weighted by atomic mass is 10.1. The van der Waals surface area contributed by atoms with E-state index in [2.05, 4.69) is 4.98 Å². The van der Waals surface area contributed by atoms with Crippen LogP contribution in [0.15, 0.2) is 34.7 Å². The summed E-state index contributed by atoms with van der Waals surface area (Å²) in [5.74, 6) is 1.00. The van der Waals surface area contributed by atoms with Gasteiger partial charge in [-0.25, -0.2) is 4.98 Å². The lowest BCUT2D eigenvalue weighted by Crippen LogP contribution is -2.07. The average molecular weight is 437 g/mol. The minimum Gasteiger partial charge on any atom is -0.466 e. The van der Waals surface area contributed by atoms with Crippen LogP contribution in [0.2, 0.25) is 0 Å². The van der Waals surface area contributed by atoms with Gasteiger partial charge in [-0.1, -0.05) is 12.1 Å². The first kappa shape index (κ1) is 22.1. The number of alkyl halides is 3. The number of carbonyl (C=O) groups excluding carboxylic acids is 1. The molecule has 0 bridgehead atoms. The van der Waals surface area contributed by atoms with Crippen LogP contribution < -0.4 is 0 Å². The van der Waals surface area contributed by atoms with Gasteiger partial charge < -0.3 is 9.15 Å². The Bertz CT molecular complexity index is 1020. The van der Waals surface area contributed by atoms with Crippen molar-refractivity contribution in [2.24, 2.45) is 0 Å². The van der Waals surface area contributed by atoms with E-state index in [-0.39, 0.29) is 12.4 Å². The summed E-state index contributed by atoms with van der Waals surface area (Å²) in [5.41, 5.74) is 1.72. The Hall–Kier alpha value is -2.61. The molecular formula is C22H22F3NO3S. The highest BCUT2D eigenvalue weighted by Crippen LogP contribution is 2.32. The summed E-state index contributed by atoms with van der Waals surface area (Å²) in [5, 5.41) is 0.920. The van der Waals surface area contributed by atoms with E-state index in [4.69, 9.17) is 9.15 Å². The van der Waals surface area contributed by atoms with Crippen LogP contribution in [0.1, 0.15) is 39.4 Å². The Labute approximate surface area is 176 Å². The van der Waals surface area contributed by atoms with E-state index in [0.29, 0.717) is 30.8 Å². The molecule has 3 rings (SSSR count). The molecule has 160 valence electrons. The fourth-order valence-corrected chi connectivity index (χ4v) is 4.13. The monoisotopic (exact) mass is 437 g/mol. The minimum atomic E-state index is -4.36. The molecule has 0 amide bonds. The van der Waals surface area contributed by atoms with Gasteiger partial charge in [-0.3, -0.25) is 4.79 Å². The number of furan rings is 1. The molecule has 0 fully saturated rings. The van der Waals surface area contributed by atoms with E-state index in [1.165, 1.54) is 23.5 Å². The summed E-state index contributed by atoms with van der Waals surface area (Å²) in [7, 11) is 0. The number of rotatable bonds is 7. The molecule has 0 saturated carbocycles. The van der Waals surface area contributed by atoms with E-state index >= 15 is 0 Å². The predicted octanol–water partition coefficient (Wildman–Crippen LogP) is 5.93. The van der Waals surface area contributed by atoms with Crippen molar-refractivity contribution in [1.82, 2.24) is 4.98 Å². The van der Waals surface area contributed by atoms with E-state index in [1.807, 2.05) is 19.9 Å². The number of halogens is 3. The number of thiazole rings is 1. The van der Waals surface area contributed by atoms with Gasteiger partial charge >= 0.3 is 12.1 Å². The van der Waals surface area contributed by atoms with E-state index in [0.717, 1.165) is 39.0 Å². The van der Waals surface area contributed by atoms with E-state index < -0.39 is 11.7 Å². The van der Waals surface area contributed by atoms with Crippen LogP contribution in [0.25, 0.3) is 11.3 Å². The molecule has 3 aromatic rings. The molecule has 8 heteroatoms. The number of aryl methyl sites for hydroxylation is 4. The number of hydrogen-bond acceptors (Lipinski definition) is 5. The second-order valence-electron chi connectivity index (χ2n) is 6.87. The first-order valence-electron chi connectivity index (χ1n) is 9.55. The van der Waals surface area contributed by atoms with Gasteiger partial charge in [0, 0.05) is 16.9 Å². The van der Waals surface area contributed by atoms with Crippen LogP contribution in [-0.4, -0.2) is 17.6 Å². The molecule has 0 saturated heterocycles. The molecule has 2 heterocycles. The highest BCUT2D eigenvalue weighted by atomic mass is 32.1. The fraction of sp³-hybridized carbons (Fsp3) is 0.364. The van der Waals surface area contributed by atoms with Crippen molar-refractivity contribution in [3.63, 3.8) is 0 Å². The molecule has 0 aliphatic carbocycles. The Morgan fingerprint density at radius 1 is 1.17 bits per heavy atom. The van der Waals surface area contributed by atoms with Crippen LogP contribution in [0.3, 0.4) is 0 Å². The van der Waals surface area contributed by atoms with Gasteiger partial charge in [-0.05, 0) is 51.0 Å². The number of benzene rings is 1. The van der Waals surface area contributed by atoms with Crippen LogP contribution >= 0.6 is 11.3 Å². The maximum atomic E-state index is 12.7. The molecule has 0 aliphatic heterocycles. The zero-order chi connectivity index (χ0) is 21.9. The molecule has 0 radical (unpaired) electrons. The molecule has 4 nitrogen and oxygen atoms in total. The number of ether oxygens (including phenoxy) is 1. The quantitative estimate of drug-likeness (QED) is 0.430. The van der Waals surface area contributed by atoms with Crippen molar-refractivity contribution in [1.29, 1.82) is 0 Å². The third-order valence-corrected chi connectivity index (χ3v) is 5.89. The van der Waals surface area contributed by atoms with Crippen LogP contribution in [-0.2, 0) is 35.0 Å². The summed E-state index contributed by atoms with van der Waals surface area (Å²) in [4.78, 5) is 17.1. The maximum Gasteiger partial charge on any atom is 0.416 e. The van der Waals surface area contributed by atoms with Gasteiger partial charge in [0.25, 0.3) is 0 Å². The average Bonchev–Trinajstić information content (AvgIpc) is 3.22. The summed E-state index contributed by atoms with van der Waals surface area (Å²) in [6.45, 7) is 5.84. The lowest BCUT2D eigenvalue weighted by molar-refractivity contribution is -0.142. The second kappa shape index (κ2) is 9.04. The number of carbonyl (C=O) groups is 1. The number of nitrogens with zero attached hydrogens (tertiary/aromatic N) is 1. The van der Waals surface area contributed by atoms with Crippen LogP contribution in [0.4, 0.5) is 13.2 Å². The molecule has 1 aromatic carbocycles. The maximum absolute atomic E-state index is 12.7. The van der Waals surface area contributed by atoms with Crippen molar-refractivity contribution in [3.8, 4) is 11.3 Å². The third kappa shape index (κ3) is 5.30. The first-order chi connectivity index (χ1) is 14.2. The number of aromatic nitrogens is 1. The standard InChI is InChI=1S/C22H22F3NO3S/c1-4-28-21(27)12-19-13(2)26-20(30-19)10-7-16-11-18(29-14(16)3)15-5-8-17(9-6-15)22(23,24)25/h5-6,8-9,11H,4,7,10,12H2,1-3H3. The SMILES string of the molecule is CCOC(=O)Cc1sc(CCc2cc(-c3ccc(C(F)(F)F)cc3)oc2C)nc1C. The Morgan fingerprint density at radius 2 is 1.87 bits per heavy atom. The molecule has 0 unspecified atom stereocenters. The van der Waals surface area contributed by atoms with Crippen molar-refractivity contribution in [2.75, 3.05) is 6.61 Å². The zero-order valence-electron chi connectivity index (χ0n) is 16.9. The van der Waals surface area contributed by atoms with Gasteiger partial charge in [0.1, 0.15) is 11.5 Å². The molecule has 2 aromatic heterocycles. The van der Waals surface area contributed by atoms with Crippen LogP contribution in [0.5, 0.6) is 0 Å². The molecule has 0 spiro atoms. The lowest BCUT2D eigenvalue weighted by Gasteiger charge is -2.06. The van der Waals surface area contributed by atoms with Gasteiger partial charge in [-0.2, -0.15) is 13.2 Å². The molecular weight excluding hydrogens is 415 g/mol. The van der Waals surface area contributed by atoms with Crippen molar-refractivity contribution < 1.29 is 27.1 Å². The topological polar surface area (TPSA) is 52.3 Å². The summed E-state index contributed by atoms with van der Waals surface area (Å²) in [6.07, 6.45) is -2.77. The normalized spacial score (nSPS) is 11.7. The van der Waals surface area contributed by atoms with E-state index in [9.17, 15) is 18.0 Å². The Morgan fingerprint density at radius 3 is 2.50 bits per heavy atom. The molecule has 0 aliphatic rings. The zero-order valence-corrected chi connectivity index (χ0v) is 17.7. The number of hydrogen-bond donors (Lipinski definition) is 0. The van der Waals surface area contributed by atoms with Crippen molar-refractivity contribution >= 4 is 17.3 Å². The highest BCUT2D eigenvalue weighted by Gasteiger charge is 2.30. The number of esters is 1.